The fourth-order valence-corrected chi connectivity index (χ4v) is 2.18. The van der Waals surface area contributed by atoms with Gasteiger partial charge in [-0.1, -0.05) is 18.5 Å². The number of oxime groups is 1. The number of nitrogens with zero attached hydrogens (tertiary/aromatic N) is 1. The molecule has 1 aliphatic rings. The van der Waals surface area contributed by atoms with Crippen LogP contribution in [0.25, 0.3) is 0 Å². The Balaban J connectivity index is 1.92. The van der Waals surface area contributed by atoms with E-state index in [4.69, 9.17) is 10.9 Å². The van der Waals surface area contributed by atoms with Crippen LogP contribution >= 0.6 is 0 Å². The molecule has 0 radical (unpaired) electrons. The summed E-state index contributed by atoms with van der Waals surface area (Å²) in [5.41, 5.74) is 6.03. The molecule has 0 aromatic carbocycles. The van der Waals surface area contributed by atoms with Crippen LogP contribution in [0, 0.1) is 5.41 Å². The van der Waals surface area contributed by atoms with Crippen molar-refractivity contribution in [3.8, 4) is 0 Å². The second-order valence-electron chi connectivity index (χ2n) is 4.98. The van der Waals surface area contributed by atoms with E-state index in [0.717, 1.165) is 19.4 Å². The zero-order chi connectivity index (χ0) is 11.9. The summed E-state index contributed by atoms with van der Waals surface area (Å²) in [5.74, 6) is 0.338. The molecule has 1 saturated carbocycles. The van der Waals surface area contributed by atoms with Gasteiger partial charge in [-0.2, -0.15) is 0 Å². The first kappa shape index (κ1) is 13.3. The molecule has 0 amide bonds. The maximum Gasteiger partial charge on any atom is 0.139 e. The van der Waals surface area contributed by atoms with Crippen LogP contribution < -0.4 is 11.1 Å². The number of hydrogen-bond acceptors (Lipinski definition) is 3. The van der Waals surface area contributed by atoms with E-state index in [1.165, 1.54) is 32.2 Å². The molecule has 0 spiro atoms. The summed E-state index contributed by atoms with van der Waals surface area (Å²) in [6.07, 6.45) is 8.24. The molecule has 0 bridgehead atoms. The Hall–Kier alpha value is -0.770. The smallest absolute Gasteiger partial charge is 0.139 e. The maximum absolute atomic E-state index is 8.36. The van der Waals surface area contributed by atoms with Crippen molar-refractivity contribution in [2.24, 2.45) is 16.3 Å². The van der Waals surface area contributed by atoms with Crippen molar-refractivity contribution < 1.29 is 5.21 Å². The zero-order valence-corrected chi connectivity index (χ0v) is 10.3. The van der Waals surface area contributed by atoms with Gasteiger partial charge in [0.1, 0.15) is 5.84 Å². The summed E-state index contributed by atoms with van der Waals surface area (Å²) >= 11 is 0. The third kappa shape index (κ3) is 4.84. The molecule has 0 atom stereocenters. The predicted octanol–water partition coefficient (Wildman–Crippen LogP) is 2.07. The van der Waals surface area contributed by atoms with Crippen LogP contribution in [0.4, 0.5) is 0 Å². The number of amidine groups is 1. The molecule has 16 heavy (non-hydrogen) atoms. The van der Waals surface area contributed by atoms with Crippen LogP contribution in [0.2, 0.25) is 0 Å². The van der Waals surface area contributed by atoms with Gasteiger partial charge in [-0.05, 0) is 44.1 Å². The Kier molecular flexibility index (Phi) is 5.60. The van der Waals surface area contributed by atoms with E-state index < -0.39 is 0 Å². The van der Waals surface area contributed by atoms with Crippen LogP contribution in [0.15, 0.2) is 5.16 Å². The lowest BCUT2D eigenvalue weighted by atomic mass is 10.0. The largest absolute Gasteiger partial charge is 0.409 e. The fourth-order valence-electron chi connectivity index (χ4n) is 2.18. The van der Waals surface area contributed by atoms with Gasteiger partial charge in [0, 0.05) is 13.0 Å². The first-order valence-corrected chi connectivity index (χ1v) is 6.39. The van der Waals surface area contributed by atoms with Gasteiger partial charge in [0.15, 0.2) is 0 Å². The van der Waals surface area contributed by atoms with Gasteiger partial charge in [-0.15, -0.1) is 0 Å². The van der Waals surface area contributed by atoms with E-state index in [1.807, 2.05) is 0 Å². The monoisotopic (exact) mass is 227 g/mol. The van der Waals surface area contributed by atoms with Gasteiger partial charge in [0.2, 0.25) is 0 Å². The average molecular weight is 227 g/mol. The minimum Gasteiger partial charge on any atom is -0.409 e. The van der Waals surface area contributed by atoms with Crippen molar-refractivity contribution in [3.05, 3.63) is 0 Å². The molecule has 0 aromatic rings. The molecule has 1 fully saturated rings. The normalized spacial score (nSPS) is 18.7. The highest BCUT2D eigenvalue weighted by Crippen LogP contribution is 2.48. The third-order valence-electron chi connectivity index (χ3n) is 3.40. The highest BCUT2D eigenvalue weighted by Gasteiger charge is 2.40. The molecule has 4 nitrogen and oxygen atoms in total. The Labute approximate surface area is 98.3 Å². The first-order valence-electron chi connectivity index (χ1n) is 6.39. The molecule has 0 unspecified atom stereocenters. The Morgan fingerprint density at radius 3 is 2.75 bits per heavy atom. The van der Waals surface area contributed by atoms with E-state index in [1.54, 1.807) is 0 Å². The van der Waals surface area contributed by atoms with Crippen LogP contribution in [0.3, 0.4) is 0 Å². The lowest BCUT2D eigenvalue weighted by Crippen LogP contribution is -2.25. The molecular weight excluding hydrogens is 202 g/mol. The van der Waals surface area contributed by atoms with Gasteiger partial charge in [0.05, 0.1) is 0 Å². The Morgan fingerprint density at radius 2 is 2.19 bits per heavy atom. The molecule has 0 saturated heterocycles. The number of rotatable bonds is 9. The Bertz CT molecular complexity index is 224. The first-order chi connectivity index (χ1) is 7.72. The SMILES string of the molecule is CCCC1(CNCCCCC(N)=NO)CC1. The number of nitrogens with one attached hydrogen (secondary N) is 1. The van der Waals surface area contributed by atoms with Crippen molar-refractivity contribution in [2.45, 2.75) is 51.9 Å². The summed E-state index contributed by atoms with van der Waals surface area (Å²) in [6, 6.07) is 0. The minimum atomic E-state index is 0.338. The topological polar surface area (TPSA) is 70.6 Å². The molecule has 94 valence electrons. The molecule has 4 heteroatoms. The van der Waals surface area contributed by atoms with E-state index in [0.29, 0.717) is 17.7 Å². The summed E-state index contributed by atoms with van der Waals surface area (Å²) in [5, 5.41) is 14.8. The third-order valence-corrected chi connectivity index (χ3v) is 3.40. The number of unbranched alkanes of at least 4 members (excludes halogenated alkanes) is 1. The van der Waals surface area contributed by atoms with E-state index in [2.05, 4.69) is 17.4 Å². The van der Waals surface area contributed by atoms with Crippen molar-refractivity contribution in [3.63, 3.8) is 0 Å². The minimum absolute atomic E-state index is 0.338. The summed E-state index contributed by atoms with van der Waals surface area (Å²) in [4.78, 5) is 0. The fraction of sp³-hybridized carbons (Fsp3) is 0.917. The van der Waals surface area contributed by atoms with Gasteiger partial charge in [-0.3, -0.25) is 0 Å². The van der Waals surface area contributed by atoms with E-state index in [9.17, 15) is 0 Å². The molecular formula is C12H25N3O. The van der Waals surface area contributed by atoms with Crippen molar-refractivity contribution in [2.75, 3.05) is 13.1 Å². The van der Waals surface area contributed by atoms with Gasteiger partial charge in [-0.25, -0.2) is 0 Å². The molecule has 1 rings (SSSR count). The van der Waals surface area contributed by atoms with Crippen LogP contribution in [-0.2, 0) is 0 Å². The zero-order valence-electron chi connectivity index (χ0n) is 10.3. The van der Waals surface area contributed by atoms with Crippen molar-refractivity contribution >= 4 is 5.84 Å². The van der Waals surface area contributed by atoms with Gasteiger partial charge in [0.25, 0.3) is 0 Å². The average Bonchev–Trinajstić information content (AvgIpc) is 3.03. The molecule has 0 heterocycles. The highest BCUT2D eigenvalue weighted by molar-refractivity contribution is 5.79. The highest BCUT2D eigenvalue weighted by atomic mass is 16.4. The molecule has 1 aliphatic carbocycles. The van der Waals surface area contributed by atoms with Crippen LogP contribution in [-0.4, -0.2) is 24.1 Å². The predicted molar refractivity (Wildman–Crippen MR) is 66.7 cm³/mol. The molecule has 4 N–H and O–H groups in total. The Morgan fingerprint density at radius 1 is 1.44 bits per heavy atom. The van der Waals surface area contributed by atoms with Crippen LogP contribution in [0.1, 0.15) is 51.9 Å². The molecule has 0 aliphatic heterocycles. The van der Waals surface area contributed by atoms with Crippen molar-refractivity contribution in [1.29, 1.82) is 0 Å². The van der Waals surface area contributed by atoms with Gasteiger partial charge >= 0.3 is 0 Å². The molecule has 0 aromatic heterocycles. The van der Waals surface area contributed by atoms with Crippen molar-refractivity contribution in [1.82, 2.24) is 5.32 Å². The second kappa shape index (κ2) is 6.74. The summed E-state index contributed by atoms with van der Waals surface area (Å²) in [6.45, 7) is 4.48. The summed E-state index contributed by atoms with van der Waals surface area (Å²) in [7, 11) is 0. The second-order valence-corrected chi connectivity index (χ2v) is 4.98. The lowest BCUT2D eigenvalue weighted by molar-refractivity contribution is 0.316. The van der Waals surface area contributed by atoms with E-state index in [-0.39, 0.29) is 0 Å². The number of nitrogens with two attached hydrogens (primary N) is 1. The lowest BCUT2D eigenvalue weighted by Gasteiger charge is -2.14. The quantitative estimate of drug-likeness (QED) is 0.186. The van der Waals surface area contributed by atoms with E-state index >= 15 is 0 Å². The standard InChI is InChI=1S/C12H25N3O/c1-2-6-12(7-8-12)10-14-9-4-3-5-11(13)15-16/h14,16H,2-10H2,1H3,(H2,13,15). The maximum atomic E-state index is 8.36. The summed E-state index contributed by atoms with van der Waals surface area (Å²) < 4.78 is 0. The van der Waals surface area contributed by atoms with Gasteiger partial charge < -0.3 is 16.3 Å². The van der Waals surface area contributed by atoms with Crippen LogP contribution in [0.5, 0.6) is 0 Å². The number of hydrogen-bond donors (Lipinski definition) is 3.